The lowest BCUT2D eigenvalue weighted by Gasteiger charge is -2.27. The maximum atomic E-state index is 7.04. The van der Waals surface area contributed by atoms with E-state index in [1.54, 1.807) is 0 Å². The van der Waals surface area contributed by atoms with Gasteiger partial charge in [0.05, 0.1) is 27.8 Å². The monoisotopic (exact) mass is 834 g/mol. The summed E-state index contributed by atoms with van der Waals surface area (Å²) in [4.78, 5) is 2.40. The largest absolute Gasteiger partial charge is 0.455 e. The Morgan fingerprint density at radius 3 is 1.80 bits per heavy atom. The summed E-state index contributed by atoms with van der Waals surface area (Å²) in [5.41, 5.74) is 15.2. The predicted octanol–water partition coefficient (Wildman–Crippen LogP) is 17.5. The Kier molecular flexibility index (Phi) is 8.40. The molecule has 0 fully saturated rings. The molecule has 0 aliphatic carbocycles. The van der Waals surface area contributed by atoms with Crippen LogP contribution < -0.4 is 4.90 Å². The number of rotatable bonds is 7. The zero-order valence-corrected chi connectivity index (χ0v) is 35.5. The van der Waals surface area contributed by atoms with E-state index in [1.807, 2.05) is 11.3 Å². The van der Waals surface area contributed by atoms with Crippen molar-refractivity contribution in [2.75, 3.05) is 4.90 Å². The second-order valence-corrected chi connectivity index (χ2v) is 17.5. The first-order chi connectivity index (χ1) is 31.7. The van der Waals surface area contributed by atoms with Crippen LogP contribution in [0.5, 0.6) is 0 Å². The fourth-order valence-electron chi connectivity index (χ4n) is 9.88. The number of hydrogen-bond acceptors (Lipinski definition) is 3. The van der Waals surface area contributed by atoms with Crippen molar-refractivity contribution in [1.82, 2.24) is 4.57 Å². The summed E-state index contributed by atoms with van der Waals surface area (Å²) >= 11 is 1.85. The van der Waals surface area contributed by atoms with E-state index >= 15 is 0 Å². The predicted molar refractivity (Wildman–Crippen MR) is 272 cm³/mol. The fraction of sp³-hybridized carbons (Fsp3) is 0. The zero-order valence-electron chi connectivity index (χ0n) is 34.7. The highest BCUT2D eigenvalue weighted by atomic mass is 32.1. The third-order valence-electron chi connectivity index (χ3n) is 12.8. The Labute approximate surface area is 373 Å². The molecule has 10 aromatic carbocycles. The Hall–Kier alpha value is -8.18. The minimum atomic E-state index is 0.851. The molecule has 13 rings (SSSR count). The molecule has 64 heavy (non-hydrogen) atoms. The molecule has 300 valence electrons. The van der Waals surface area contributed by atoms with Gasteiger partial charge in [-0.25, -0.2) is 0 Å². The molecule has 0 saturated heterocycles. The first-order valence-electron chi connectivity index (χ1n) is 21.7. The highest BCUT2D eigenvalue weighted by Crippen LogP contribution is 2.48. The number of fused-ring (bicyclic) bond motifs is 9. The van der Waals surface area contributed by atoms with Gasteiger partial charge in [0.15, 0.2) is 0 Å². The lowest BCUT2D eigenvalue weighted by atomic mass is 9.97. The summed E-state index contributed by atoms with van der Waals surface area (Å²) < 4.78 is 12.1. The normalized spacial score (nSPS) is 11.8. The SMILES string of the molecule is c1ccc(-c2cccc(N(c3ccc(-c4ccc5sc6ccccc6c5c4)cc3)c3ccc(-c4ccccc4-n4c5ccccc5c5ccccc54)c4oc5ccccc5c34)c2)cc1. The van der Waals surface area contributed by atoms with Gasteiger partial charge in [-0.1, -0.05) is 152 Å². The number of aromatic nitrogens is 1. The van der Waals surface area contributed by atoms with Crippen molar-refractivity contribution in [1.29, 1.82) is 0 Å². The minimum absolute atomic E-state index is 0.851. The van der Waals surface area contributed by atoms with E-state index in [0.717, 1.165) is 61.4 Å². The van der Waals surface area contributed by atoms with E-state index in [4.69, 9.17) is 4.42 Å². The van der Waals surface area contributed by atoms with Gasteiger partial charge < -0.3 is 13.9 Å². The molecule has 0 unspecified atom stereocenters. The third-order valence-corrected chi connectivity index (χ3v) is 14.0. The summed E-state index contributed by atoms with van der Waals surface area (Å²) in [7, 11) is 0. The summed E-state index contributed by atoms with van der Waals surface area (Å²) in [5, 5.41) is 7.21. The van der Waals surface area contributed by atoms with Crippen molar-refractivity contribution in [3.05, 3.63) is 231 Å². The van der Waals surface area contributed by atoms with Gasteiger partial charge in [-0.2, -0.15) is 0 Å². The van der Waals surface area contributed by atoms with Crippen LogP contribution in [0.2, 0.25) is 0 Å². The van der Waals surface area contributed by atoms with Crippen molar-refractivity contribution >= 4 is 92.3 Å². The standard InChI is InChI=1S/C60H38N2OS/c1-2-15-39(16-3-1)41-17-14-18-44(37-41)61(43-32-29-40(30-33-43)42-31-36-58-51(38-42)48-22-8-13-28-57(48)64-58)55-35-34-49(60-59(55)50-23-7-12-27-56(50)63-60)47-21-6-11-26-54(47)62-52-24-9-4-19-45(52)46-20-5-10-25-53(46)62/h1-38H. The van der Waals surface area contributed by atoms with Gasteiger partial charge >= 0.3 is 0 Å². The van der Waals surface area contributed by atoms with E-state index in [1.165, 1.54) is 58.7 Å². The molecule has 0 bridgehead atoms. The van der Waals surface area contributed by atoms with Crippen LogP contribution >= 0.6 is 11.3 Å². The molecular formula is C60H38N2OS. The number of anilines is 3. The zero-order chi connectivity index (χ0) is 42.1. The second kappa shape index (κ2) is 14.7. The highest BCUT2D eigenvalue weighted by Gasteiger charge is 2.24. The summed E-state index contributed by atoms with van der Waals surface area (Å²) in [5.74, 6) is 0. The Morgan fingerprint density at radius 2 is 0.984 bits per heavy atom. The van der Waals surface area contributed by atoms with Crippen LogP contribution in [-0.4, -0.2) is 4.57 Å². The average molecular weight is 835 g/mol. The topological polar surface area (TPSA) is 21.3 Å². The lowest BCUT2D eigenvalue weighted by Crippen LogP contribution is -2.10. The molecular weight excluding hydrogens is 797 g/mol. The third kappa shape index (κ3) is 5.81. The smallest absolute Gasteiger partial charge is 0.145 e. The minimum Gasteiger partial charge on any atom is -0.455 e. The van der Waals surface area contributed by atoms with E-state index in [-0.39, 0.29) is 0 Å². The van der Waals surface area contributed by atoms with Crippen LogP contribution in [0, 0.1) is 0 Å². The van der Waals surface area contributed by atoms with Gasteiger partial charge in [-0.3, -0.25) is 0 Å². The number of benzene rings is 10. The maximum Gasteiger partial charge on any atom is 0.145 e. The van der Waals surface area contributed by atoms with Crippen LogP contribution in [0.1, 0.15) is 0 Å². The molecule has 0 saturated carbocycles. The maximum absolute atomic E-state index is 7.04. The Bertz CT molecular complexity index is 3860. The summed E-state index contributed by atoms with van der Waals surface area (Å²) in [6.45, 7) is 0. The van der Waals surface area contributed by atoms with Crippen LogP contribution in [0.25, 0.3) is 103 Å². The number of furan rings is 1. The van der Waals surface area contributed by atoms with Gasteiger partial charge in [-0.05, 0) is 101 Å². The molecule has 0 radical (unpaired) electrons. The van der Waals surface area contributed by atoms with Crippen molar-refractivity contribution in [3.63, 3.8) is 0 Å². The highest BCUT2D eigenvalue weighted by molar-refractivity contribution is 7.25. The molecule has 0 amide bonds. The van der Waals surface area contributed by atoms with E-state index in [9.17, 15) is 0 Å². The molecule has 0 aliphatic heterocycles. The molecule has 0 N–H and O–H groups in total. The van der Waals surface area contributed by atoms with Crippen LogP contribution in [0.15, 0.2) is 235 Å². The van der Waals surface area contributed by atoms with Crippen LogP contribution in [-0.2, 0) is 0 Å². The quantitative estimate of drug-likeness (QED) is 0.159. The Morgan fingerprint density at radius 1 is 0.375 bits per heavy atom. The molecule has 3 aromatic heterocycles. The first kappa shape index (κ1) is 36.5. The average Bonchev–Trinajstić information content (AvgIpc) is 4.05. The van der Waals surface area contributed by atoms with E-state index in [2.05, 4.69) is 240 Å². The molecule has 0 atom stereocenters. The summed E-state index contributed by atoms with van der Waals surface area (Å²) in [6, 6.07) is 83.3. The van der Waals surface area contributed by atoms with Gasteiger partial charge in [-0.15, -0.1) is 11.3 Å². The molecule has 4 heteroatoms. The number of para-hydroxylation sites is 4. The molecule has 13 aromatic rings. The van der Waals surface area contributed by atoms with Crippen molar-refractivity contribution in [3.8, 4) is 39.1 Å². The molecule has 3 nitrogen and oxygen atoms in total. The number of thiophene rings is 1. The van der Waals surface area contributed by atoms with Crippen molar-refractivity contribution in [2.24, 2.45) is 0 Å². The molecule has 0 aliphatic rings. The number of nitrogens with zero attached hydrogens (tertiary/aromatic N) is 2. The van der Waals surface area contributed by atoms with E-state index < -0.39 is 0 Å². The lowest BCUT2D eigenvalue weighted by molar-refractivity contribution is 0.670. The van der Waals surface area contributed by atoms with Crippen LogP contribution in [0.3, 0.4) is 0 Å². The van der Waals surface area contributed by atoms with Crippen molar-refractivity contribution in [2.45, 2.75) is 0 Å². The molecule has 3 heterocycles. The van der Waals surface area contributed by atoms with Crippen LogP contribution in [0.4, 0.5) is 17.1 Å². The van der Waals surface area contributed by atoms with Gasteiger partial charge in [0.25, 0.3) is 0 Å². The fourth-order valence-corrected chi connectivity index (χ4v) is 11.0. The first-order valence-corrected chi connectivity index (χ1v) is 22.6. The second-order valence-electron chi connectivity index (χ2n) is 16.4. The van der Waals surface area contributed by atoms with E-state index in [0.29, 0.717) is 0 Å². The summed E-state index contributed by atoms with van der Waals surface area (Å²) in [6.07, 6.45) is 0. The van der Waals surface area contributed by atoms with Gasteiger partial charge in [0.2, 0.25) is 0 Å². The molecule has 0 spiro atoms. The Balaban J connectivity index is 1.02. The van der Waals surface area contributed by atoms with Gasteiger partial charge in [0.1, 0.15) is 11.2 Å². The number of hydrogen-bond donors (Lipinski definition) is 0. The van der Waals surface area contributed by atoms with Gasteiger partial charge in [0, 0.05) is 58.8 Å². The van der Waals surface area contributed by atoms with Crippen molar-refractivity contribution < 1.29 is 4.42 Å².